The Balaban J connectivity index is 2.36. The molecule has 0 bridgehead atoms. The zero-order chi connectivity index (χ0) is 18.6. The maximum atomic E-state index is 14.4. The number of rotatable bonds is 6. The molecule has 1 aliphatic rings. The van der Waals surface area contributed by atoms with Crippen molar-refractivity contribution < 1.29 is 18.7 Å². The summed E-state index contributed by atoms with van der Waals surface area (Å²) >= 11 is 6.15. The SMILES string of the molecule is CCC(CC)COC(=O)C1=C(C)NC(=O)C[C@@H]1c1c(F)cccc1Cl. The first-order valence-electron chi connectivity index (χ1n) is 8.50. The number of carbonyl (C=O) groups excluding carboxylic acids is 2. The van der Waals surface area contributed by atoms with Gasteiger partial charge in [-0.2, -0.15) is 0 Å². The molecule has 1 heterocycles. The Bertz CT molecular complexity index is 678. The number of benzene rings is 1. The molecule has 1 aromatic carbocycles. The van der Waals surface area contributed by atoms with Crippen molar-refractivity contribution in [3.8, 4) is 0 Å². The summed E-state index contributed by atoms with van der Waals surface area (Å²) in [6.45, 7) is 5.99. The summed E-state index contributed by atoms with van der Waals surface area (Å²) in [5.41, 5.74) is 0.806. The van der Waals surface area contributed by atoms with Crippen molar-refractivity contribution in [3.05, 3.63) is 45.9 Å². The standard InChI is InChI=1S/C19H23ClFNO3/c1-4-12(5-2)10-25-19(24)17-11(3)22-16(23)9-13(17)18-14(20)7-6-8-15(18)21/h6-8,12-13H,4-5,9-10H2,1-3H3,(H,22,23)/t13-/m0/s1. The average Bonchev–Trinajstić information content (AvgIpc) is 2.55. The van der Waals surface area contributed by atoms with E-state index >= 15 is 0 Å². The lowest BCUT2D eigenvalue weighted by Crippen LogP contribution is -2.35. The predicted octanol–water partition coefficient (Wildman–Crippen LogP) is 4.34. The number of ether oxygens (including phenoxy) is 1. The molecule has 0 spiro atoms. The van der Waals surface area contributed by atoms with Gasteiger partial charge in [0.05, 0.1) is 12.2 Å². The lowest BCUT2D eigenvalue weighted by atomic mass is 9.84. The minimum Gasteiger partial charge on any atom is -0.462 e. The van der Waals surface area contributed by atoms with E-state index in [0.29, 0.717) is 12.3 Å². The molecule has 0 aromatic heterocycles. The van der Waals surface area contributed by atoms with Crippen molar-refractivity contribution in [1.82, 2.24) is 5.32 Å². The Labute approximate surface area is 152 Å². The van der Waals surface area contributed by atoms with Gasteiger partial charge in [-0.3, -0.25) is 4.79 Å². The lowest BCUT2D eigenvalue weighted by Gasteiger charge is -2.27. The van der Waals surface area contributed by atoms with Gasteiger partial charge in [0.15, 0.2) is 0 Å². The van der Waals surface area contributed by atoms with Crippen LogP contribution in [-0.2, 0) is 14.3 Å². The first kappa shape index (κ1) is 19.4. The quantitative estimate of drug-likeness (QED) is 0.761. The summed E-state index contributed by atoms with van der Waals surface area (Å²) in [7, 11) is 0. The molecule has 25 heavy (non-hydrogen) atoms. The number of nitrogens with one attached hydrogen (secondary N) is 1. The molecule has 1 aliphatic heterocycles. The molecular weight excluding hydrogens is 345 g/mol. The first-order chi connectivity index (χ1) is 11.9. The minimum atomic E-state index is -0.753. The van der Waals surface area contributed by atoms with Crippen LogP contribution >= 0.6 is 11.6 Å². The summed E-state index contributed by atoms with van der Waals surface area (Å²) in [6, 6.07) is 4.32. The highest BCUT2D eigenvalue weighted by Crippen LogP contribution is 2.38. The molecule has 0 radical (unpaired) electrons. The van der Waals surface area contributed by atoms with E-state index in [1.54, 1.807) is 13.0 Å². The van der Waals surface area contributed by atoms with Crippen molar-refractivity contribution in [2.45, 2.75) is 46.0 Å². The van der Waals surface area contributed by atoms with Gasteiger partial charge in [0, 0.05) is 28.6 Å². The molecule has 4 nitrogen and oxygen atoms in total. The third-order valence-corrected chi connectivity index (χ3v) is 4.97. The van der Waals surface area contributed by atoms with Crippen LogP contribution in [0.15, 0.2) is 29.5 Å². The molecule has 1 aromatic rings. The fraction of sp³-hybridized carbons (Fsp3) is 0.474. The molecule has 136 valence electrons. The summed E-state index contributed by atoms with van der Waals surface area (Å²) in [5, 5.41) is 2.83. The summed E-state index contributed by atoms with van der Waals surface area (Å²) in [5.74, 6) is -1.83. The molecule has 0 saturated heterocycles. The number of halogens is 2. The van der Waals surface area contributed by atoms with Crippen LogP contribution in [0.25, 0.3) is 0 Å². The maximum absolute atomic E-state index is 14.4. The van der Waals surface area contributed by atoms with Gasteiger partial charge in [-0.05, 0) is 25.0 Å². The van der Waals surface area contributed by atoms with Crippen molar-refractivity contribution in [2.75, 3.05) is 6.61 Å². The van der Waals surface area contributed by atoms with E-state index < -0.39 is 17.7 Å². The van der Waals surface area contributed by atoms with Crippen molar-refractivity contribution in [2.24, 2.45) is 5.92 Å². The van der Waals surface area contributed by atoms with E-state index in [0.717, 1.165) is 12.8 Å². The second-order valence-corrected chi connectivity index (χ2v) is 6.67. The number of allylic oxidation sites excluding steroid dienone is 1. The van der Waals surface area contributed by atoms with Crippen LogP contribution in [0.4, 0.5) is 4.39 Å². The van der Waals surface area contributed by atoms with Crippen LogP contribution in [0, 0.1) is 11.7 Å². The molecule has 0 saturated carbocycles. The molecule has 0 aliphatic carbocycles. The molecule has 2 rings (SSSR count). The van der Waals surface area contributed by atoms with E-state index in [-0.39, 0.29) is 34.4 Å². The number of amides is 1. The van der Waals surface area contributed by atoms with Gasteiger partial charge in [-0.15, -0.1) is 0 Å². The van der Waals surface area contributed by atoms with E-state index in [1.807, 2.05) is 13.8 Å². The Morgan fingerprint density at radius 2 is 2.08 bits per heavy atom. The normalized spacial score (nSPS) is 17.7. The van der Waals surface area contributed by atoms with E-state index in [9.17, 15) is 14.0 Å². The van der Waals surface area contributed by atoms with Crippen LogP contribution in [0.1, 0.15) is 51.5 Å². The molecule has 1 N–H and O–H groups in total. The van der Waals surface area contributed by atoms with Gasteiger partial charge < -0.3 is 10.1 Å². The first-order valence-corrected chi connectivity index (χ1v) is 8.88. The van der Waals surface area contributed by atoms with Gasteiger partial charge in [-0.25, -0.2) is 9.18 Å². The van der Waals surface area contributed by atoms with Gasteiger partial charge in [0.2, 0.25) is 5.91 Å². The van der Waals surface area contributed by atoms with E-state index in [1.165, 1.54) is 12.1 Å². The summed E-state index contributed by atoms with van der Waals surface area (Å²) in [4.78, 5) is 24.6. The average molecular weight is 368 g/mol. The topological polar surface area (TPSA) is 55.4 Å². The second-order valence-electron chi connectivity index (χ2n) is 6.26. The van der Waals surface area contributed by atoms with Gasteiger partial charge in [0.25, 0.3) is 0 Å². The van der Waals surface area contributed by atoms with Gasteiger partial charge >= 0.3 is 5.97 Å². The zero-order valence-electron chi connectivity index (χ0n) is 14.7. The van der Waals surface area contributed by atoms with Crippen molar-refractivity contribution in [3.63, 3.8) is 0 Å². The Hall–Kier alpha value is -1.88. The molecular formula is C19H23ClFNO3. The Kier molecular flexibility index (Phi) is 6.59. The third kappa shape index (κ3) is 4.40. The minimum absolute atomic E-state index is 0.0482. The molecule has 1 amide bonds. The third-order valence-electron chi connectivity index (χ3n) is 4.64. The van der Waals surface area contributed by atoms with Crippen LogP contribution in [0.5, 0.6) is 0 Å². The van der Waals surface area contributed by atoms with E-state index in [4.69, 9.17) is 16.3 Å². The predicted molar refractivity (Wildman–Crippen MR) is 94.6 cm³/mol. The van der Waals surface area contributed by atoms with E-state index in [2.05, 4.69) is 5.32 Å². The van der Waals surface area contributed by atoms with Gasteiger partial charge in [-0.1, -0.05) is 44.4 Å². The fourth-order valence-electron chi connectivity index (χ4n) is 3.06. The van der Waals surface area contributed by atoms with Crippen LogP contribution in [0.2, 0.25) is 5.02 Å². The largest absolute Gasteiger partial charge is 0.462 e. The number of carbonyl (C=O) groups is 2. The Morgan fingerprint density at radius 1 is 1.40 bits per heavy atom. The number of hydrogen-bond acceptors (Lipinski definition) is 3. The van der Waals surface area contributed by atoms with Gasteiger partial charge in [0.1, 0.15) is 5.82 Å². The summed E-state index contributed by atoms with van der Waals surface area (Å²) < 4.78 is 19.8. The highest BCUT2D eigenvalue weighted by molar-refractivity contribution is 6.31. The maximum Gasteiger partial charge on any atom is 0.336 e. The Morgan fingerprint density at radius 3 is 2.68 bits per heavy atom. The number of hydrogen-bond donors (Lipinski definition) is 1. The molecule has 6 heteroatoms. The lowest BCUT2D eigenvalue weighted by molar-refractivity contribution is -0.141. The van der Waals surface area contributed by atoms with Crippen LogP contribution < -0.4 is 5.32 Å². The van der Waals surface area contributed by atoms with Crippen LogP contribution in [0.3, 0.4) is 0 Å². The monoisotopic (exact) mass is 367 g/mol. The second kappa shape index (κ2) is 8.48. The number of esters is 1. The van der Waals surface area contributed by atoms with Crippen molar-refractivity contribution in [1.29, 1.82) is 0 Å². The smallest absolute Gasteiger partial charge is 0.336 e. The highest BCUT2D eigenvalue weighted by atomic mass is 35.5. The van der Waals surface area contributed by atoms with Crippen LogP contribution in [-0.4, -0.2) is 18.5 Å². The molecule has 1 atom stereocenters. The molecule has 0 unspecified atom stereocenters. The molecule has 0 fully saturated rings. The summed E-state index contributed by atoms with van der Waals surface area (Å²) in [6.07, 6.45) is 1.76. The fourth-order valence-corrected chi connectivity index (χ4v) is 3.35. The highest BCUT2D eigenvalue weighted by Gasteiger charge is 2.35. The zero-order valence-corrected chi connectivity index (χ0v) is 15.5. The van der Waals surface area contributed by atoms with Crippen molar-refractivity contribution >= 4 is 23.5 Å².